The molecule has 21 aromatic carbocycles. The molecule has 0 fully saturated rings. The number of hydrogen-bond acceptors (Lipinski definition) is 3. The minimum Gasteiger partial charge on any atom is -0.309 e. The summed E-state index contributed by atoms with van der Waals surface area (Å²) in [6, 6.07) is 168. The van der Waals surface area contributed by atoms with Gasteiger partial charge < -0.3 is 13.7 Å². The van der Waals surface area contributed by atoms with E-state index in [2.05, 4.69) is 510 Å². The third kappa shape index (κ3) is 12.9. The van der Waals surface area contributed by atoms with Gasteiger partial charge in [0.25, 0.3) is 0 Å². The van der Waals surface area contributed by atoms with Crippen molar-refractivity contribution in [3.8, 4) is 117 Å². The van der Waals surface area contributed by atoms with Crippen molar-refractivity contribution in [1.82, 2.24) is 13.7 Å². The van der Waals surface area contributed by atoms with Crippen molar-refractivity contribution in [2.45, 2.75) is 57.8 Å². The smallest absolute Gasteiger partial charge is 0.0547 e. The summed E-state index contributed by atoms with van der Waals surface area (Å²) in [4.78, 5) is 0. The summed E-state index contributed by atoms with van der Waals surface area (Å²) < 4.78 is 15.4. The zero-order valence-corrected chi connectivity index (χ0v) is 81.3. The van der Waals surface area contributed by atoms with Crippen LogP contribution in [0.2, 0.25) is 0 Å². The number of nitrogens with zero attached hydrogens (tertiary/aromatic N) is 3. The number of para-hydroxylation sites is 3. The first-order chi connectivity index (χ1) is 69.2. The van der Waals surface area contributed by atoms with Crippen molar-refractivity contribution in [2.24, 2.45) is 0 Å². The van der Waals surface area contributed by atoms with Gasteiger partial charge >= 0.3 is 0 Å². The van der Waals surface area contributed by atoms with Gasteiger partial charge in [-0.3, -0.25) is 0 Å². The minimum absolute atomic E-state index is 0.0759. The van der Waals surface area contributed by atoms with E-state index in [4.69, 9.17) is 0 Å². The molecule has 0 spiro atoms. The van der Waals surface area contributed by atoms with E-state index < -0.39 is 0 Å². The van der Waals surface area contributed by atoms with E-state index in [0.717, 1.165) is 0 Å². The second-order valence-corrected chi connectivity index (χ2v) is 43.3. The van der Waals surface area contributed by atoms with Gasteiger partial charge in [-0.25, -0.2) is 0 Å². The molecular weight excluding hydrogens is 1760 g/mol. The Labute approximate surface area is 830 Å². The first-order valence-corrected chi connectivity index (χ1v) is 51.5. The minimum atomic E-state index is -0.110. The predicted molar refractivity (Wildman–Crippen MR) is 606 cm³/mol. The standard InChI is InChI=1S/3C45H31NS/c1-45(2)38-21-17-30(25-35(38)33-20-24-42-43(44(33)45)34-15-9-10-16-41(34)47-42)31-19-23-40-37(27-31)36-26-29(28-11-5-3-6-12-28)18-22-39(36)46(40)32-13-7-4-8-14-32;1-45(2)38-27-31(17-20-33(38)34-21-24-42-43(44(34)45)35-15-9-10-16-41(35)47-42)30-19-23-40-37(26-30)36-25-29(28-11-5-3-6-12-28)18-22-39(36)46(40)32-13-7-4-8-14-32;1-45(2)38-26-30(17-20-33(38)35-22-24-42-43(44(35)45)36-15-9-10-16-41(36)47-42)31-18-21-34-37-25-29(28-11-5-3-6-12-28)19-23-39(37)46(40(34)27-31)32-13-7-4-8-14-32/h3*3-27H,1-2H3. The monoisotopic (exact) mass is 1850 g/mol. The Kier molecular flexibility index (Phi) is 18.7. The van der Waals surface area contributed by atoms with Crippen LogP contribution in [-0.2, 0) is 16.2 Å². The summed E-state index contributed by atoms with van der Waals surface area (Å²) >= 11 is 5.72. The molecule has 0 saturated heterocycles. The Balaban J connectivity index is 0.000000104. The lowest BCUT2D eigenvalue weighted by Crippen LogP contribution is -2.15. The summed E-state index contributed by atoms with van der Waals surface area (Å²) in [6.07, 6.45) is 0. The zero-order valence-electron chi connectivity index (χ0n) is 78.9. The van der Waals surface area contributed by atoms with Crippen LogP contribution >= 0.6 is 34.0 Å². The van der Waals surface area contributed by atoms with Gasteiger partial charge in [0, 0.05) is 126 Å². The lowest BCUT2D eigenvalue weighted by Gasteiger charge is -2.23. The molecule has 3 nitrogen and oxygen atoms in total. The fourth-order valence-electron chi connectivity index (χ4n) is 24.5. The Hall–Kier alpha value is -16.3. The lowest BCUT2D eigenvalue weighted by atomic mass is 9.80. The highest BCUT2D eigenvalue weighted by Crippen LogP contribution is 2.60. The van der Waals surface area contributed by atoms with Crippen LogP contribution in [0, 0.1) is 0 Å². The third-order valence-electron chi connectivity index (χ3n) is 31.1. The van der Waals surface area contributed by atoms with E-state index in [1.165, 1.54) is 277 Å². The van der Waals surface area contributed by atoms with Crippen LogP contribution in [0.25, 0.3) is 243 Å². The Morgan fingerprint density at radius 2 is 0.411 bits per heavy atom. The van der Waals surface area contributed by atoms with Gasteiger partial charge in [-0.15, -0.1) is 34.0 Å². The average Bonchev–Trinajstić information content (AvgIpc) is 1.55. The lowest BCUT2D eigenvalue weighted by molar-refractivity contribution is 0.666. The van der Waals surface area contributed by atoms with E-state index >= 15 is 0 Å². The van der Waals surface area contributed by atoms with Crippen molar-refractivity contribution < 1.29 is 0 Å². The molecule has 0 unspecified atom stereocenters. The molecule has 0 radical (unpaired) electrons. The molecule has 3 aliphatic rings. The van der Waals surface area contributed by atoms with Crippen molar-refractivity contribution in [3.05, 3.63) is 488 Å². The van der Waals surface area contributed by atoms with Crippen molar-refractivity contribution in [1.29, 1.82) is 0 Å². The summed E-state index contributed by atoms with van der Waals surface area (Å²) in [5.41, 5.74) is 42.3. The number of fused-ring (bicyclic) bond motifs is 30. The largest absolute Gasteiger partial charge is 0.309 e. The van der Waals surface area contributed by atoms with E-state index in [1.807, 2.05) is 34.0 Å². The number of rotatable bonds is 9. The molecule has 666 valence electrons. The van der Waals surface area contributed by atoms with Crippen LogP contribution in [-0.4, -0.2) is 13.7 Å². The molecule has 141 heavy (non-hydrogen) atoms. The Morgan fingerprint density at radius 1 is 0.156 bits per heavy atom. The number of benzene rings is 21. The number of hydrogen-bond donors (Lipinski definition) is 0. The third-order valence-corrected chi connectivity index (χ3v) is 34.5. The average molecular weight is 1850 g/mol. The maximum absolute atomic E-state index is 2.46. The SMILES string of the molecule is CC1(C)c2cc(-c3ccc4c(c3)c3cc(-c5ccccc5)ccc3n4-c3ccccc3)ccc2-c2ccc3sc4ccccc4c3c21.CC1(C)c2cc(-c3ccc4c5cc(-c6ccccc6)ccc5n(-c5ccccc5)c4c3)ccc2-c2ccc3sc4ccccc4c3c21.CC1(C)c2ccc(-c3ccc4c(c3)c3cc(-c5ccccc5)ccc3n4-c3ccccc3)cc2-c2ccc3sc4ccccc4c3c21. The molecule has 6 heteroatoms. The highest BCUT2D eigenvalue weighted by Gasteiger charge is 2.42. The second kappa shape index (κ2) is 31.9. The molecule has 0 bridgehead atoms. The van der Waals surface area contributed by atoms with Crippen LogP contribution in [0.3, 0.4) is 0 Å². The van der Waals surface area contributed by atoms with E-state index in [-0.39, 0.29) is 16.2 Å². The second-order valence-electron chi connectivity index (χ2n) is 40.0. The normalized spacial score (nSPS) is 13.5. The zero-order chi connectivity index (χ0) is 93.8. The maximum atomic E-state index is 2.46. The molecule has 27 aromatic rings. The Morgan fingerprint density at radius 3 is 0.773 bits per heavy atom. The van der Waals surface area contributed by atoms with E-state index in [0.29, 0.717) is 0 Å². The van der Waals surface area contributed by atoms with E-state index in [1.54, 1.807) is 0 Å². The fraction of sp³-hybridized carbons (Fsp3) is 0.0667. The van der Waals surface area contributed by atoms with Gasteiger partial charge in [-0.2, -0.15) is 0 Å². The summed E-state index contributed by atoms with van der Waals surface area (Å²) in [5.74, 6) is 0. The molecule has 0 atom stereocenters. The maximum Gasteiger partial charge on any atom is 0.0547 e. The Bertz CT molecular complexity index is 9860. The van der Waals surface area contributed by atoms with Crippen LogP contribution in [0.1, 0.15) is 74.9 Å². The first-order valence-electron chi connectivity index (χ1n) is 49.1. The highest BCUT2D eigenvalue weighted by molar-refractivity contribution is 7.26. The predicted octanol–water partition coefficient (Wildman–Crippen LogP) is 38.4. The molecule has 0 amide bonds. The van der Waals surface area contributed by atoms with Crippen molar-refractivity contribution in [2.75, 3.05) is 0 Å². The first kappa shape index (κ1) is 82.9. The quantitative estimate of drug-likeness (QED) is 0.137. The molecule has 6 aromatic heterocycles. The molecule has 0 saturated carbocycles. The van der Waals surface area contributed by atoms with Gasteiger partial charge in [0.15, 0.2) is 0 Å². The van der Waals surface area contributed by atoms with E-state index in [9.17, 15) is 0 Å². The molecular formula is C135H93N3S3. The van der Waals surface area contributed by atoms with Crippen LogP contribution in [0.5, 0.6) is 0 Å². The van der Waals surface area contributed by atoms with Gasteiger partial charge in [-0.05, 0) is 291 Å². The summed E-state index contributed by atoms with van der Waals surface area (Å²) in [7, 11) is 0. The molecule has 6 heterocycles. The highest BCUT2D eigenvalue weighted by atomic mass is 32.1. The molecule has 30 rings (SSSR count). The van der Waals surface area contributed by atoms with Gasteiger partial charge in [0.2, 0.25) is 0 Å². The summed E-state index contributed by atoms with van der Waals surface area (Å²) in [6.45, 7) is 14.4. The fourth-order valence-corrected chi connectivity index (χ4v) is 27.9. The van der Waals surface area contributed by atoms with Crippen molar-refractivity contribution >= 4 is 160 Å². The topological polar surface area (TPSA) is 14.8 Å². The van der Waals surface area contributed by atoms with Gasteiger partial charge in [0.05, 0.1) is 33.1 Å². The van der Waals surface area contributed by atoms with Gasteiger partial charge in [0.1, 0.15) is 0 Å². The van der Waals surface area contributed by atoms with Crippen LogP contribution in [0.15, 0.2) is 455 Å². The van der Waals surface area contributed by atoms with Crippen molar-refractivity contribution in [3.63, 3.8) is 0 Å². The molecule has 0 N–H and O–H groups in total. The number of thiophene rings is 3. The number of aromatic nitrogens is 3. The van der Waals surface area contributed by atoms with Crippen LogP contribution in [0.4, 0.5) is 0 Å². The molecule has 0 aliphatic heterocycles. The molecule has 3 aliphatic carbocycles. The van der Waals surface area contributed by atoms with Crippen LogP contribution < -0.4 is 0 Å². The van der Waals surface area contributed by atoms with Gasteiger partial charge in [-0.1, -0.05) is 339 Å². The summed E-state index contributed by atoms with van der Waals surface area (Å²) in [5, 5.41) is 16.0.